The average molecular weight is 281 g/mol. The van der Waals surface area contributed by atoms with E-state index in [9.17, 15) is 9.59 Å². The number of Topliss-reactive ketones (excluding diaryl/α,β-unsaturated/α-hetero) is 1. The molecule has 6 heteroatoms. The summed E-state index contributed by atoms with van der Waals surface area (Å²) >= 11 is 0. The largest absolute Gasteiger partial charge is 0.497 e. The number of benzene rings is 1. The first-order chi connectivity index (χ1) is 9.58. The SMILES string of the molecule is COCCNC(=O)COc1cc(OC)ccc1C(C)=O. The van der Waals surface area contributed by atoms with Gasteiger partial charge in [-0.3, -0.25) is 9.59 Å². The molecule has 0 spiro atoms. The molecule has 0 aliphatic carbocycles. The van der Waals surface area contributed by atoms with Gasteiger partial charge in [-0.25, -0.2) is 0 Å². The maximum atomic E-state index is 11.5. The molecule has 1 aromatic carbocycles. The van der Waals surface area contributed by atoms with Gasteiger partial charge in [0.15, 0.2) is 12.4 Å². The molecular formula is C14H19NO5. The van der Waals surface area contributed by atoms with Crippen LogP contribution in [-0.2, 0) is 9.53 Å². The lowest BCUT2D eigenvalue weighted by Crippen LogP contribution is -2.31. The number of hydrogen-bond donors (Lipinski definition) is 1. The maximum Gasteiger partial charge on any atom is 0.258 e. The third-order valence-corrected chi connectivity index (χ3v) is 2.56. The molecule has 0 saturated heterocycles. The van der Waals surface area contributed by atoms with Crippen molar-refractivity contribution in [2.75, 3.05) is 34.0 Å². The maximum absolute atomic E-state index is 11.5. The minimum absolute atomic E-state index is 0.137. The Labute approximate surface area is 118 Å². The summed E-state index contributed by atoms with van der Waals surface area (Å²) in [6, 6.07) is 4.86. The van der Waals surface area contributed by atoms with Gasteiger partial charge in [0.2, 0.25) is 0 Å². The van der Waals surface area contributed by atoms with Crippen LogP contribution in [0.15, 0.2) is 18.2 Å². The third-order valence-electron chi connectivity index (χ3n) is 2.56. The Hall–Kier alpha value is -2.08. The van der Waals surface area contributed by atoms with Crippen molar-refractivity contribution in [2.24, 2.45) is 0 Å². The Morgan fingerprint density at radius 1 is 1.25 bits per heavy atom. The molecule has 0 aromatic heterocycles. The van der Waals surface area contributed by atoms with Gasteiger partial charge in [-0.1, -0.05) is 0 Å². The highest BCUT2D eigenvalue weighted by atomic mass is 16.5. The van der Waals surface area contributed by atoms with Crippen LogP contribution < -0.4 is 14.8 Å². The minimum atomic E-state index is -0.278. The summed E-state index contributed by atoms with van der Waals surface area (Å²) < 4.78 is 15.3. The highest BCUT2D eigenvalue weighted by molar-refractivity contribution is 5.97. The quantitative estimate of drug-likeness (QED) is 0.569. The van der Waals surface area contributed by atoms with E-state index in [0.717, 1.165) is 0 Å². The summed E-state index contributed by atoms with van der Waals surface area (Å²) in [6.45, 7) is 2.12. The second-order valence-corrected chi connectivity index (χ2v) is 4.05. The van der Waals surface area contributed by atoms with Crippen molar-refractivity contribution in [1.29, 1.82) is 0 Å². The summed E-state index contributed by atoms with van der Waals surface area (Å²) in [5.74, 6) is 0.477. The van der Waals surface area contributed by atoms with Crippen LogP contribution >= 0.6 is 0 Å². The molecule has 0 aliphatic heterocycles. The van der Waals surface area contributed by atoms with E-state index in [1.54, 1.807) is 25.3 Å². The molecule has 0 atom stereocenters. The summed E-state index contributed by atoms with van der Waals surface area (Å²) in [5.41, 5.74) is 0.412. The molecule has 0 heterocycles. The van der Waals surface area contributed by atoms with Gasteiger partial charge >= 0.3 is 0 Å². The van der Waals surface area contributed by atoms with Crippen LogP contribution in [0, 0.1) is 0 Å². The normalized spacial score (nSPS) is 9.95. The Morgan fingerprint density at radius 3 is 2.60 bits per heavy atom. The van der Waals surface area contributed by atoms with E-state index in [0.29, 0.717) is 30.2 Å². The molecule has 1 aromatic rings. The van der Waals surface area contributed by atoms with Crippen molar-refractivity contribution in [3.05, 3.63) is 23.8 Å². The zero-order valence-electron chi connectivity index (χ0n) is 11.9. The van der Waals surface area contributed by atoms with Crippen molar-refractivity contribution in [2.45, 2.75) is 6.92 Å². The number of hydrogen-bond acceptors (Lipinski definition) is 5. The molecule has 0 saturated carbocycles. The number of amides is 1. The van der Waals surface area contributed by atoms with Gasteiger partial charge in [0.05, 0.1) is 19.3 Å². The van der Waals surface area contributed by atoms with Gasteiger partial charge in [-0.2, -0.15) is 0 Å². The Bertz CT molecular complexity index is 473. The van der Waals surface area contributed by atoms with Crippen LogP contribution in [-0.4, -0.2) is 45.7 Å². The molecule has 20 heavy (non-hydrogen) atoms. The van der Waals surface area contributed by atoms with E-state index >= 15 is 0 Å². The lowest BCUT2D eigenvalue weighted by Gasteiger charge is -2.11. The topological polar surface area (TPSA) is 73.9 Å². The first-order valence-electron chi connectivity index (χ1n) is 6.16. The van der Waals surface area contributed by atoms with Gasteiger partial charge in [-0.05, 0) is 19.1 Å². The summed E-state index contributed by atoms with van der Waals surface area (Å²) in [4.78, 5) is 23.0. The van der Waals surface area contributed by atoms with E-state index < -0.39 is 0 Å². The number of ether oxygens (including phenoxy) is 3. The van der Waals surface area contributed by atoms with E-state index in [-0.39, 0.29) is 18.3 Å². The van der Waals surface area contributed by atoms with Crippen molar-refractivity contribution in [1.82, 2.24) is 5.32 Å². The molecular weight excluding hydrogens is 262 g/mol. The highest BCUT2D eigenvalue weighted by Crippen LogP contribution is 2.25. The number of methoxy groups -OCH3 is 2. The molecule has 0 unspecified atom stereocenters. The fourth-order valence-corrected chi connectivity index (χ4v) is 1.53. The predicted octanol–water partition coefficient (Wildman–Crippen LogP) is 1.04. The van der Waals surface area contributed by atoms with E-state index in [1.165, 1.54) is 14.0 Å². The lowest BCUT2D eigenvalue weighted by molar-refractivity contribution is -0.123. The van der Waals surface area contributed by atoms with Crippen molar-refractivity contribution in [3.63, 3.8) is 0 Å². The van der Waals surface area contributed by atoms with Crippen molar-refractivity contribution in [3.8, 4) is 11.5 Å². The number of carbonyl (C=O) groups is 2. The van der Waals surface area contributed by atoms with Gasteiger partial charge in [-0.15, -0.1) is 0 Å². The molecule has 1 N–H and O–H groups in total. The van der Waals surface area contributed by atoms with E-state index in [1.807, 2.05) is 0 Å². The van der Waals surface area contributed by atoms with Crippen LogP contribution in [0.4, 0.5) is 0 Å². The second-order valence-electron chi connectivity index (χ2n) is 4.05. The molecule has 6 nitrogen and oxygen atoms in total. The minimum Gasteiger partial charge on any atom is -0.497 e. The zero-order chi connectivity index (χ0) is 15.0. The molecule has 1 rings (SSSR count). The monoisotopic (exact) mass is 281 g/mol. The van der Waals surface area contributed by atoms with E-state index in [2.05, 4.69) is 5.32 Å². The number of ketones is 1. The molecule has 0 bridgehead atoms. The second kappa shape index (κ2) is 8.16. The summed E-state index contributed by atoms with van der Waals surface area (Å²) in [7, 11) is 3.07. The van der Waals surface area contributed by atoms with Crippen LogP contribution in [0.25, 0.3) is 0 Å². The van der Waals surface area contributed by atoms with E-state index in [4.69, 9.17) is 14.2 Å². The average Bonchev–Trinajstić information content (AvgIpc) is 2.44. The standard InChI is InChI=1S/C14H19NO5/c1-10(16)12-5-4-11(19-3)8-13(12)20-9-14(17)15-6-7-18-2/h4-5,8H,6-7,9H2,1-3H3,(H,15,17). The fourth-order valence-electron chi connectivity index (χ4n) is 1.53. The Morgan fingerprint density at radius 2 is 2.00 bits per heavy atom. The van der Waals surface area contributed by atoms with Crippen LogP contribution in [0.3, 0.4) is 0 Å². The molecule has 1 amide bonds. The number of carbonyl (C=O) groups excluding carboxylic acids is 2. The zero-order valence-corrected chi connectivity index (χ0v) is 11.9. The molecule has 0 radical (unpaired) electrons. The van der Waals surface area contributed by atoms with Crippen LogP contribution in [0.1, 0.15) is 17.3 Å². The Balaban J connectivity index is 2.65. The first kappa shape index (κ1) is 16.0. The van der Waals surface area contributed by atoms with Gasteiger partial charge in [0.25, 0.3) is 5.91 Å². The smallest absolute Gasteiger partial charge is 0.258 e. The summed E-state index contributed by atoms with van der Waals surface area (Å²) in [6.07, 6.45) is 0. The highest BCUT2D eigenvalue weighted by Gasteiger charge is 2.11. The Kier molecular flexibility index (Phi) is 6.52. The van der Waals surface area contributed by atoms with Crippen molar-refractivity contribution < 1.29 is 23.8 Å². The molecule has 0 aliphatic rings. The van der Waals surface area contributed by atoms with Gasteiger partial charge in [0, 0.05) is 19.7 Å². The predicted molar refractivity (Wildman–Crippen MR) is 73.4 cm³/mol. The number of rotatable bonds is 8. The van der Waals surface area contributed by atoms with Gasteiger partial charge < -0.3 is 19.5 Å². The fraction of sp³-hybridized carbons (Fsp3) is 0.429. The van der Waals surface area contributed by atoms with Crippen molar-refractivity contribution >= 4 is 11.7 Å². The number of nitrogens with one attached hydrogen (secondary N) is 1. The molecule has 110 valence electrons. The van der Waals surface area contributed by atoms with Crippen LogP contribution in [0.2, 0.25) is 0 Å². The van der Waals surface area contributed by atoms with Crippen LogP contribution in [0.5, 0.6) is 11.5 Å². The first-order valence-corrected chi connectivity index (χ1v) is 6.16. The third kappa shape index (κ3) is 4.89. The lowest BCUT2D eigenvalue weighted by atomic mass is 10.1. The summed E-state index contributed by atoms with van der Waals surface area (Å²) in [5, 5.41) is 2.63. The molecule has 0 fully saturated rings. The van der Waals surface area contributed by atoms with Gasteiger partial charge in [0.1, 0.15) is 11.5 Å².